The number of aryl methyl sites for hydroxylation is 14. The van der Waals surface area contributed by atoms with Gasteiger partial charge in [-0.25, -0.2) is 34.9 Å². The van der Waals surface area contributed by atoms with Crippen LogP contribution in [-0.2, 0) is 69.2 Å². The summed E-state index contributed by atoms with van der Waals surface area (Å²) < 4.78 is 30.1. The van der Waals surface area contributed by atoms with Gasteiger partial charge < -0.3 is 45.3 Å². The molecule has 0 N–H and O–H groups in total. The minimum absolute atomic E-state index is 0.993. The van der Waals surface area contributed by atoms with Crippen molar-refractivity contribution >= 4 is 100 Å². The van der Waals surface area contributed by atoms with E-state index in [1.807, 2.05) is 139 Å². The summed E-state index contributed by atoms with van der Waals surface area (Å²) in [7, 11) is 16.5. The molecule has 20 heterocycles. The van der Waals surface area contributed by atoms with Gasteiger partial charge in [0.2, 0.25) is 0 Å². The highest BCUT2D eigenvalue weighted by atomic mass is 15.2. The van der Waals surface area contributed by atoms with E-state index in [9.17, 15) is 0 Å². The van der Waals surface area contributed by atoms with Crippen LogP contribution in [0.3, 0.4) is 0 Å². The van der Waals surface area contributed by atoms with Crippen LogP contribution in [0, 0.1) is 55.4 Å². The number of hydrogen-bond acceptors (Lipinski definition) is 7. The summed E-state index contributed by atoms with van der Waals surface area (Å²) in [4.78, 5) is 31.9. The Morgan fingerprint density at radius 3 is 1.51 bits per heavy atom. The molecule has 0 bridgehead atoms. The molecule has 0 aliphatic heterocycles. The number of nitrogens with zero attached hydrogens (tertiary/aromatic N) is 21. The van der Waals surface area contributed by atoms with Gasteiger partial charge in [0.25, 0.3) is 0 Å². The van der Waals surface area contributed by atoms with Crippen molar-refractivity contribution in [2.24, 2.45) is 56.4 Å². The molecular weight excluding hydrogens is 1390 g/mol. The fourth-order valence-electron chi connectivity index (χ4n) is 15.9. The molecule has 0 fully saturated rings. The largest absolute Gasteiger partial charge is 0.351 e. The van der Waals surface area contributed by atoms with Crippen LogP contribution >= 0.6 is 0 Å². The van der Waals surface area contributed by atoms with E-state index < -0.39 is 0 Å². The van der Waals surface area contributed by atoms with Crippen LogP contribution < -0.4 is 0 Å². The first kappa shape index (κ1) is 71.2. The van der Waals surface area contributed by atoms with Crippen LogP contribution in [0.2, 0.25) is 0 Å². The molecule has 0 radical (unpaired) electrons. The molecule has 560 valence electrons. The Hall–Kier alpha value is -13.7. The second-order valence-corrected chi connectivity index (χ2v) is 29.4. The molecule has 0 saturated heterocycles. The number of hydrogen-bond donors (Lipinski definition) is 0. The average molecular weight is 1480 g/mol. The fraction of sp³-hybridized carbons (Fsp3) is 0.198. The maximum Gasteiger partial charge on any atom is 0.159 e. The Morgan fingerprint density at radius 2 is 0.812 bits per heavy atom. The molecule has 112 heavy (non-hydrogen) atoms. The summed E-state index contributed by atoms with van der Waals surface area (Å²) >= 11 is 0. The van der Waals surface area contributed by atoms with Crippen LogP contribution in [-0.4, -0.2) is 97.8 Å². The average Bonchev–Trinajstić information content (AvgIpc) is 1.80. The van der Waals surface area contributed by atoms with Gasteiger partial charge in [0.1, 0.15) is 79.1 Å². The first-order valence-corrected chi connectivity index (χ1v) is 37.9. The van der Waals surface area contributed by atoms with Gasteiger partial charge in [-0.1, -0.05) is 84.9 Å². The van der Waals surface area contributed by atoms with Crippen LogP contribution in [0.15, 0.2) is 238 Å². The highest BCUT2D eigenvalue weighted by Gasteiger charge is 2.25. The van der Waals surface area contributed by atoms with Gasteiger partial charge >= 0.3 is 0 Å². The third kappa shape index (κ3) is 12.3. The Kier molecular flexibility index (Phi) is 18.1. The molecule has 0 unspecified atom stereocenters. The Balaban J connectivity index is 0.0000000929. The molecule has 21 heteroatoms. The van der Waals surface area contributed by atoms with Crippen molar-refractivity contribution in [1.82, 2.24) is 97.8 Å². The highest BCUT2D eigenvalue weighted by molar-refractivity contribution is 5.88. The molecule has 2 aromatic carbocycles. The summed E-state index contributed by atoms with van der Waals surface area (Å²) in [6.45, 7) is 16.7. The zero-order chi connectivity index (χ0) is 77.7. The highest BCUT2D eigenvalue weighted by Crippen LogP contribution is 2.38. The Morgan fingerprint density at radius 1 is 0.321 bits per heavy atom. The molecule has 0 amide bonds. The van der Waals surface area contributed by atoms with Gasteiger partial charge in [-0.3, -0.25) is 17.6 Å². The zero-order valence-electron chi connectivity index (χ0n) is 66.3. The van der Waals surface area contributed by atoms with E-state index in [1.54, 1.807) is 0 Å². The van der Waals surface area contributed by atoms with Gasteiger partial charge in [0.15, 0.2) is 5.65 Å². The molecule has 20 aromatic heterocycles. The van der Waals surface area contributed by atoms with Crippen LogP contribution in [0.1, 0.15) is 68.5 Å². The number of pyridine rings is 6. The van der Waals surface area contributed by atoms with Crippen molar-refractivity contribution in [2.75, 3.05) is 0 Å². The monoisotopic (exact) mass is 1480 g/mol. The molecule has 24 rings (SSSR count). The van der Waals surface area contributed by atoms with Crippen molar-refractivity contribution < 1.29 is 0 Å². The molecule has 0 atom stereocenters. The molecule has 0 spiro atoms. The second-order valence-electron chi connectivity index (χ2n) is 29.4. The Bertz CT molecular complexity index is 6730. The number of benzene rings is 2. The van der Waals surface area contributed by atoms with Crippen molar-refractivity contribution in [2.45, 2.75) is 68.2 Å². The van der Waals surface area contributed by atoms with E-state index in [1.165, 1.54) is 112 Å². The maximum atomic E-state index is 4.60. The van der Waals surface area contributed by atoms with E-state index in [4.69, 9.17) is 0 Å². The third-order valence-electron chi connectivity index (χ3n) is 22.7. The predicted molar refractivity (Wildman–Crippen MR) is 453 cm³/mol. The first-order chi connectivity index (χ1) is 54.2. The Labute approximate surface area is 647 Å². The molecule has 2 aliphatic carbocycles. The molecule has 21 nitrogen and oxygen atoms in total. The lowest BCUT2D eigenvalue weighted by atomic mass is 10.1. The van der Waals surface area contributed by atoms with Gasteiger partial charge in [-0.15, -0.1) is 0 Å². The minimum atomic E-state index is 0.993. The van der Waals surface area contributed by atoms with Gasteiger partial charge in [-0.2, -0.15) is 0 Å². The lowest BCUT2D eigenvalue weighted by molar-refractivity contribution is 0.810. The summed E-state index contributed by atoms with van der Waals surface area (Å²) in [5.74, 6) is 3.25. The van der Waals surface area contributed by atoms with E-state index in [-0.39, 0.29) is 0 Å². The van der Waals surface area contributed by atoms with Crippen LogP contribution in [0.4, 0.5) is 0 Å². The summed E-state index contributed by atoms with van der Waals surface area (Å²) in [6.07, 6.45) is 18.6. The summed E-state index contributed by atoms with van der Waals surface area (Å²) in [5.41, 5.74) is 35.8. The topological polar surface area (TPSA) is 156 Å². The summed E-state index contributed by atoms with van der Waals surface area (Å²) in [6, 6.07) is 64.6. The molecule has 0 saturated carbocycles. The normalized spacial score (nSPS) is 11.9. The zero-order valence-corrected chi connectivity index (χ0v) is 66.3. The van der Waals surface area contributed by atoms with Crippen molar-refractivity contribution in [3.05, 3.63) is 306 Å². The standard InChI is InChI=1S/3C12H12N2.5C11H11N3/c1-9-7-10-8-11-5-3-4-6-14(11)12(10)13(9)2;1-8-13-12-10-6-4-3-5-9(10)7-11(12)14(8)2;1-8-13-11-7-9-5-3-4-6-10(9)12(11)14(8)2;1-8-11-9(7-13(8)2)14-6-4-3-5-10(14)12-11;1-8-11-9(7-13(8)2)12-10-5-3-4-6-14(10)11;1-8-12-10-7-9-5-3-4-6-14(9)11(10)13(8)2;1-8-7-9-11(13(8)2)12-10-5-3-4-6-14(9)10;1-8-7-9-11(13(8)2)14-6-4-3-5-10(14)12-9/h3-8H,1-2H3;2*3-6H,7H2,1-2H3;5*3-7H,1-2H3. The smallest absolute Gasteiger partial charge is 0.159 e. The lowest BCUT2D eigenvalue weighted by Gasteiger charge is -2.03. The first-order valence-electron chi connectivity index (χ1n) is 37.9. The SMILES string of the molecule is Cc1c2c(cn1C)nc1ccccn12.Cc1c2nc3ccccn3c2cn1C.Cc1cc2c(nc3ccccn32)n1C.Cc1cc2cc3ccccn3c2n1C.Cc1cc2nc3ccccn3c2n1C.Cc1nc2c(n1C)-c1ccccc1C2.Cc1nc2c(n1C)Cc1ccccc1-2.Cc1nc2cc3ccccn3c2n1C. The van der Waals surface area contributed by atoms with Gasteiger partial charge in [0, 0.05) is 181 Å². The molecule has 2 aliphatic rings. The third-order valence-corrected chi connectivity index (χ3v) is 22.7. The minimum Gasteiger partial charge on any atom is -0.351 e. The molecular formula is C91H91N21. The van der Waals surface area contributed by atoms with Crippen molar-refractivity contribution in [3.8, 4) is 22.5 Å². The quantitative estimate of drug-likeness (QED) is 0.146. The van der Waals surface area contributed by atoms with Crippen molar-refractivity contribution in [1.29, 1.82) is 0 Å². The number of fused-ring (bicyclic) bond motifs is 24. The summed E-state index contributed by atoms with van der Waals surface area (Å²) in [5, 5.41) is 1.32. The van der Waals surface area contributed by atoms with Gasteiger partial charge in [-0.05, 0) is 170 Å². The van der Waals surface area contributed by atoms with Crippen LogP contribution in [0.5, 0.6) is 0 Å². The van der Waals surface area contributed by atoms with Gasteiger partial charge in [0.05, 0.1) is 33.6 Å². The maximum absolute atomic E-state index is 4.60. The number of aromatic nitrogens is 21. The second kappa shape index (κ2) is 28.4. The lowest BCUT2D eigenvalue weighted by Crippen LogP contribution is -1.97. The van der Waals surface area contributed by atoms with E-state index in [2.05, 4.69) is 309 Å². The van der Waals surface area contributed by atoms with E-state index in [0.717, 1.165) is 91.9 Å². The van der Waals surface area contributed by atoms with E-state index >= 15 is 0 Å². The molecule has 22 aromatic rings. The van der Waals surface area contributed by atoms with Crippen LogP contribution in [0.25, 0.3) is 123 Å². The van der Waals surface area contributed by atoms with Crippen molar-refractivity contribution in [3.63, 3.8) is 0 Å². The predicted octanol–water partition coefficient (Wildman–Crippen LogP) is 18.0. The number of rotatable bonds is 0. The number of imidazole rings is 7. The van der Waals surface area contributed by atoms with E-state index in [0.29, 0.717) is 0 Å². The fourth-order valence-corrected chi connectivity index (χ4v) is 15.9.